The van der Waals surface area contributed by atoms with Crippen LogP contribution >= 0.6 is 0 Å². The van der Waals surface area contributed by atoms with Crippen molar-refractivity contribution in [2.45, 2.75) is 45.0 Å². The lowest BCUT2D eigenvalue weighted by Gasteiger charge is -2.27. The van der Waals surface area contributed by atoms with Crippen molar-refractivity contribution in [1.29, 1.82) is 5.26 Å². The molecule has 14 nitrogen and oxygen atoms in total. The Bertz CT molecular complexity index is 1760. The number of amides is 5. The van der Waals surface area contributed by atoms with E-state index in [1.807, 2.05) is 0 Å². The summed E-state index contributed by atoms with van der Waals surface area (Å²) < 4.78 is 68.2. The van der Waals surface area contributed by atoms with E-state index in [-0.39, 0.29) is 94.2 Å². The van der Waals surface area contributed by atoms with E-state index >= 15 is 0 Å². The highest BCUT2D eigenvalue weighted by Gasteiger charge is 2.48. The van der Waals surface area contributed by atoms with Gasteiger partial charge in [0.25, 0.3) is 17.7 Å². The van der Waals surface area contributed by atoms with Gasteiger partial charge in [0.2, 0.25) is 11.8 Å². The number of likely N-dealkylation sites (tertiary alicyclic amines) is 1. The highest BCUT2D eigenvalue weighted by atomic mass is 19.4. The summed E-state index contributed by atoms with van der Waals surface area (Å²) in [7, 11) is 0. The second-order valence-electron chi connectivity index (χ2n) is 12.9. The summed E-state index contributed by atoms with van der Waals surface area (Å²) in [6.45, 7) is 5.51. The van der Waals surface area contributed by atoms with Crippen LogP contribution < -0.4 is 14.8 Å². The number of halogens is 3. The molecule has 0 aromatic heterocycles. The van der Waals surface area contributed by atoms with Crippen molar-refractivity contribution in [2.24, 2.45) is 5.41 Å². The van der Waals surface area contributed by atoms with Crippen LogP contribution in [-0.2, 0) is 34.8 Å². The Kier molecular flexibility index (Phi) is 11.8. The molecule has 2 atom stereocenters. The number of carbonyl (C=O) groups excluding carboxylic acids is 5. The molecule has 2 aromatic rings. The number of imide groups is 2. The van der Waals surface area contributed by atoms with E-state index in [2.05, 4.69) is 5.32 Å². The maximum absolute atomic E-state index is 13.4. The summed E-state index contributed by atoms with van der Waals surface area (Å²) >= 11 is 0. The van der Waals surface area contributed by atoms with Gasteiger partial charge in [-0.05, 0) is 36.8 Å². The average molecular weight is 731 g/mol. The molecule has 5 amide bonds. The second-order valence-corrected chi connectivity index (χ2v) is 12.9. The third-order valence-electron chi connectivity index (χ3n) is 8.68. The molecule has 0 spiro atoms. The van der Waals surface area contributed by atoms with Gasteiger partial charge in [0.15, 0.2) is 6.10 Å². The maximum Gasteiger partial charge on any atom is 0.417 e. The van der Waals surface area contributed by atoms with Crippen molar-refractivity contribution in [1.82, 2.24) is 15.1 Å². The average Bonchev–Trinajstić information content (AvgIpc) is 3.47. The molecular weight excluding hydrogens is 693 g/mol. The second kappa shape index (κ2) is 16.1. The third-order valence-corrected chi connectivity index (χ3v) is 8.68. The number of fused-ring (bicyclic) bond motifs is 1. The van der Waals surface area contributed by atoms with Gasteiger partial charge in [-0.3, -0.25) is 34.2 Å². The highest BCUT2D eigenvalue weighted by Crippen LogP contribution is 2.38. The molecule has 2 saturated heterocycles. The van der Waals surface area contributed by atoms with Gasteiger partial charge in [0.05, 0.1) is 68.0 Å². The zero-order valence-corrected chi connectivity index (χ0v) is 28.5. The van der Waals surface area contributed by atoms with E-state index in [9.17, 15) is 37.1 Å². The molecule has 2 fully saturated rings. The first-order chi connectivity index (χ1) is 24.7. The van der Waals surface area contributed by atoms with Gasteiger partial charge < -0.3 is 28.6 Å². The molecule has 3 aliphatic rings. The van der Waals surface area contributed by atoms with Crippen molar-refractivity contribution >= 4 is 29.5 Å². The van der Waals surface area contributed by atoms with Crippen LogP contribution in [-0.4, -0.2) is 111 Å². The summed E-state index contributed by atoms with van der Waals surface area (Å²) in [6, 6.07) is 8.02. The molecule has 52 heavy (non-hydrogen) atoms. The standard InChI is InChI=1S/C35H37F3N4O10/c1-34(2)20-41(33(47)29(34)52-22-7-6-21(19-39)24(18-22)35(36,37)38)10-11-48-12-13-49-14-15-50-16-17-51-26-5-3-4-23-28(26)32(46)42(31(23)45)25-8-9-27(43)40-30(25)44/h3-7,18,25,29H,8-17,20H2,1-2H3,(H,40,43,44). The minimum absolute atomic E-state index is 0.0186. The number of nitrogens with zero attached hydrogens (tertiary/aromatic N) is 3. The van der Waals surface area contributed by atoms with Gasteiger partial charge in [0, 0.05) is 24.9 Å². The Morgan fingerprint density at radius 2 is 1.60 bits per heavy atom. The van der Waals surface area contributed by atoms with E-state index in [0.717, 1.165) is 17.0 Å². The lowest BCUT2D eigenvalue weighted by molar-refractivity contribution is -0.138. The normalized spacial score (nSPS) is 19.9. The Balaban J connectivity index is 0.954. The van der Waals surface area contributed by atoms with Crippen LogP contribution in [0.25, 0.3) is 0 Å². The molecule has 3 heterocycles. The fraction of sp³-hybridized carbons (Fsp3) is 0.486. The fourth-order valence-electron chi connectivity index (χ4n) is 6.15. The lowest BCUT2D eigenvalue weighted by Crippen LogP contribution is -2.54. The number of nitrogens with one attached hydrogen (secondary N) is 1. The maximum atomic E-state index is 13.4. The van der Waals surface area contributed by atoms with Crippen LogP contribution in [0.2, 0.25) is 0 Å². The van der Waals surface area contributed by atoms with Crippen molar-refractivity contribution < 1.29 is 60.8 Å². The Labute approximate surface area is 296 Å². The number of piperidine rings is 1. The van der Waals surface area contributed by atoms with Crippen LogP contribution in [0, 0.1) is 16.7 Å². The Morgan fingerprint density at radius 3 is 2.25 bits per heavy atom. The van der Waals surface area contributed by atoms with Crippen LogP contribution in [0.4, 0.5) is 13.2 Å². The van der Waals surface area contributed by atoms with Gasteiger partial charge in [-0.2, -0.15) is 18.4 Å². The van der Waals surface area contributed by atoms with Gasteiger partial charge in [-0.15, -0.1) is 0 Å². The SMILES string of the molecule is CC1(C)CN(CCOCCOCCOCCOc2cccc3c2C(=O)N(C2CCC(=O)NC2=O)C3=O)C(=O)C1Oc1ccc(C#N)c(C(F)(F)F)c1. The van der Waals surface area contributed by atoms with Gasteiger partial charge in [-0.1, -0.05) is 19.9 Å². The first kappa shape index (κ1) is 38.2. The molecule has 5 rings (SSSR count). The Morgan fingerprint density at radius 1 is 0.923 bits per heavy atom. The van der Waals surface area contributed by atoms with E-state index < -0.39 is 58.5 Å². The van der Waals surface area contributed by atoms with E-state index in [1.54, 1.807) is 26.0 Å². The largest absolute Gasteiger partial charge is 0.490 e. The smallest absolute Gasteiger partial charge is 0.417 e. The molecule has 0 bridgehead atoms. The summed E-state index contributed by atoms with van der Waals surface area (Å²) in [5, 5.41) is 11.2. The predicted octanol–water partition coefficient (Wildman–Crippen LogP) is 2.72. The van der Waals surface area contributed by atoms with Crippen LogP contribution in [0.1, 0.15) is 58.5 Å². The van der Waals surface area contributed by atoms with E-state index in [0.29, 0.717) is 6.54 Å². The molecule has 3 aliphatic heterocycles. The quantitative estimate of drug-likeness (QED) is 0.199. The van der Waals surface area contributed by atoms with Gasteiger partial charge in [-0.25, -0.2) is 0 Å². The zero-order chi connectivity index (χ0) is 37.6. The lowest BCUT2D eigenvalue weighted by atomic mass is 9.89. The minimum atomic E-state index is -4.75. The fourth-order valence-corrected chi connectivity index (χ4v) is 6.15. The van der Waals surface area contributed by atoms with E-state index in [1.165, 1.54) is 23.1 Å². The topological polar surface area (TPSA) is 174 Å². The number of hydrogen-bond donors (Lipinski definition) is 1. The monoisotopic (exact) mass is 730 g/mol. The number of rotatable bonds is 16. The van der Waals surface area contributed by atoms with Crippen molar-refractivity contribution in [3.63, 3.8) is 0 Å². The number of ether oxygens (including phenoxy) is 5. The molecular formula is C35H37F3N4O10. The first-order valence-electron chi connectivity index (χ1n) is 16.5. The van der Waals surface area contributed by atoms with Crippen molar-refractivity contribution in [3.05, 3.63) is 58.7 Å². The molecule has 0 aliphatic carbocycles. The molecule has 2 unspecified atom stereocenters. The third kappa shape index (κ3) is 8.52. The van der Waals surface area contributed by atoms with Crippen molar-refractivity contribution in [2.75, 3.05) is 59.3 Å². The van der Waals surface area contributed by atoms with Crippen LogP contribution in [0.3, 0.4) is 0 Å². The Hall–Kier alpha value is -5.05. The van der Waals surface area contributed by atoms with Gasteiger partial charge in [0.1, 0.15) is 24.1 Å². The van der Waals surface area contributed by atoms with Crippen LogP contribution in [0.5, 0.6) is 11.5 Å². The zero-order valence-electron chi connectivity index (χ0n) is 28.5. The molecule has 0 radical (unpaired) electrons. The minimum Gasteiger partial charge on any atom is -0.490 e. The van der Waals surface area contributed by atoms with Crippen molar-refractivity contribution in [3.8, 4) is 17.6 Å². The molecule has 17 heteroatoms. The van der Waals surface area contributed by atoms with Gasteiger partial charge >= 0.3 is 6.18 Å². The number of benzene rings is 2. The predicted molar refractivity (Wildman–Crippen MR) is 172 cm³/mol. The number of hydrogen-bond acceptors (Lipinski definition) is 11. The highest BCUT2D eigenvalue weighted by molar-refractivity contribution is 6.24. The number of alkyl halides is 3. The molecule has 1 N–H and O–H groups in total. The summed E-state index contributed by atoms with van der Waals surface area (Å²) in [5.74, 6) is -2.80. The molecule has 2 aromatic carbocycles. The molecule has 0 saturated carbocycles. The number of nitriles is 1. The van der Waals surface area contributed by atoms with E-state index in [4.69, 9.17) is 28.9 Å². The van der Waals surface area contributed by atoms with Crippen LogP contribution in [0.15, 0.2) is 36.4 Å². The summed E-state index contributed by atoms with van der Waals surface area (Å²) in [5.41, 5.74) is -2.20. The summed E-state index contributed by atoms with van der Waals surface area (Å²) in [4.78, 5) is 65.3. The first-order valence-corrected chi connectivity index (χ1v) is 16.5. The summed E-state index contributed by atoms with van der Waals surface area (Å²) in [6.07, 6.45) is -5.70. The molecule has 278 valence electrons. The number of carbonyl (C=O) groups is 5.